The average Bonchev–Trinajstić information content (AvgIpc) is 2.43. The maximum Gasteiger partial charge on any atom is 0.234 e. The van der Waals surface area contributed by atoms with E-state index in [1.165, 1.54) is 25.9 Å². The van der Waals surface area contributed by atoms with Crippen molar-refractivity contribution in [2.45, 2.75) is 37.8 Å². The van der Waals surface area contributed by atoms with E-state index in [-0.39, 0.29) is 5.91 Å². The highest BCUT2D eigenvalue weighted by molar-refractivity contribution is 5.78. The minimum Gasteiger partial charge on any atom is -0.351 e. The first-order chi connectivity index (χ1) is 9.20. The van der Waals surface area contributed by atoms with Crippen molar-refractivity contribution in [2.75, 3.05) is 39.3 Å². The molecule has 5 nitrogen and oxygen atoms in total. The fraction of sp³-hybridized carbons (Fsp3) is 0.929. The topological polar surface area (TPSA) is 61.6 Å². The molecule has 3 N–H and O–H groups in total. The summed E-state index contributed by atoms with van der Waals surface area (Å²) in [5.41, 5.74) is 5.89. The zero-order valence-electron chi connectivity index (χ0n) is 11.7. The molecule has 4 heterocycles. The van der Waals surface area contributed by atoms with Crippen molar-refractivity contribution < 1.29 is 4.79 Å². The van der Waals surface area contributed by atoms with Crippen molar-refractivity contribution in [3.8, 4) is 0 Å². The van der Waals surface area contributed by atoms with Crippen LogP contribution in [0.4, 0.5) is 0 Å². The molecule has 1 amide bonds. The number of nitrogens with two attached hydrogens (primary N) is 1. The van der Waals surface area contributed by atoms with E-state index >= 15 is 0 Å². The highest BCUT2D eigenvalue weighted by atomic mass is 16.2. The average molecular weight is 266 g/mol. The molecule has 2 bridgehead atoms. The van der Waals surface area contributed by atoms with Gasteiger partial charge >= 0.3 is 0 Å². The highest BCUT2D eigenvalue weighted by Gasteiger charge is 2.35. The Morgan fingerprint density at radius 3 is 2.37 bits per heavy atom. The van der Waals surface area contributed by atoms with Gasteiger partial charge in [-0.1, -0.05) is 0 Å². The van der Waals surface area contributed by atoms with Gasteiger partial charge < -0.3 is 16.0 Å². The summed E-state index contributed by atoms with van der Waals surface area (Å²) in [6.07, 6.45) is 4.55. The van der Waals surface area contributed by atoms with Crippen molar-refractivity contribution in [3.05, 3.63) is 0 Å². The Bertz CT molecular complexity index is 319. The van der Waals surface area contributed by atoms with Crippen molar-refractivity contribution >= 4 is 5.91 Å². The van der Waals surface area contributed by atoms with Crippen LogP contribution in [0, 0.1) is 5.92 Å². The molecule has 0 aromatic heterocycles. The predicted octanol–water partition coefficient (Wildman–Crippen LogP) is -0.380. The summed E-state index contributed by atoms with van der Waals surface area (Å²) in [7, 11) is 0. The lowest BCUT2D eigenvalue weighted by molar-refractivity contribution is -0.124. The van der Waals surface area contributed by atoms with Crippen molar-refractivity contribution in [2.24, 2.45) is 11.7 Å². The maximum absolute atomic E-state index is 12.1. The van der Waals surface area contributed by atoms with Gasteiger partial charge in [-0.05, 0) is 44.7 Å². The first kappa shape index (κ1) is 13.3. The van der Waals surface area contributed by atoms with Gasteiger partial charge in [0.25, 0.3) is 0 Å². The third kappa shape index (κ3) is 3.27. The summed E-state index contributed by atoms with van der Waals surface area (Å²) >= 11 is 0. The van der Waals surface area contributed by atoms with Crippen LogP contribution in [0.5, 0.6) is 0 Å². The van der Waals surface area contributed by atoms with Gasteiger partial charge in [-0.2, -0.15) is 0 Å². The molecule has 4 fully saturated rings. The first-order valence-corrected chi connectivity index (χ1v) is 7.70. The Morgan fingerprint density at radius 1 is 1.11 bits per heavy atom. The van der Waals surface area contributed by atoms with Crippen molar-refractivity contribution in [3.63, 3.8) is 0 Å². The SMILES string of the molecule is NC1CCN(CC(=O)NC2CN3CCC2CC3)CC1. The normalized spacial score (nSPS) is 36.4. The van der Waals surface area contributed by atoms with Gasteiger partial charge in [-0.3, -0.25) is 9.69 Å². The predicted molar refractivity (Wildman–Crippen MR) is 74.7 cm³/mol. The fourth-order valence-electron chi connectivity index (χ4n) is 3.70. The number of fused-ring (bicyclic) bond motifs is 3. The Labute approximate surface area is 115 Å². The van der Waals surface area contributed by atoms with Gasteiger partial charge in [0.1, 0.15) is 0 Å². The lowest BCUT2D eigenvalue weighted by Gasteiger charge is -2.45. The van der Waals surface area contributed by atoms with Crippen LogP contribution in [0.15, 0.2) is 0 Å². The minimum absolute atomic E-state index is 0.203. The molecule has 0 aliphatic carbocycles. The third-order valence-corrected chi connectivity index (χ3v) is 5.00. The quantitative estimate of drug-likeness (QED) is 0.731. The second-order valence-corrected chi connectivity index (χ2v) is 6.43. The summed E-state index contributed by atoms with van der Waals surface area (Å²) in [6, 6.07) is 0.725. The monoisotopic (exact) mass is 266 g/mol. The first-order valence-electron chi connectivity index (χ1n) is 7.70. The zero-order chi connectivity index (χ0) is 13.2. The molecule has 5 heteroatoms. The van der Waals surface area contributed by atoms with Gasteiger partial charge in [0, 0.05) is 31.7 Å². The lowest BCUT2D eigenvalue weighted by Crippen LogP contribution is -2.58. The number of amides is 1. The van der Waals surface area contributed by atoms with Crippen molar-refractivity contribution in [1.29, 1.82) is 0 Å². The molecule has 108 valence electrons. The molecule has 4 rings (SSSR count). The van der Waals surface area contributed by atoms with E-state index in [2.05, 4.69) is 15.1 Å². The van der Waals surface area contributed by atoms with E-state index in [1.54, 1.807) is 0 Å². The molecular weight excluding hydrogens is 240 g/mol. The van der Waals surface area contributed by atoms with Crippen LogP contribution in [0.1, 0.15) is 25.7 Å². The van der Waals surface area contributed by atoms with E-state index in [9.17, 15) is 4.79 Å². The number of likely N-dealkylation sites (tertiary alicyclic amines) is 1. The smallest absolute Gasteiger partial charge is 0.234 e. The molecule has 0 aromatic carbocycles. The summed E-state index contributed by atoms with van der Waals surface area (Å²) in [6.45, 7) is 5.99. The summed E-state index contributed by atoms with van der Waals surface area (Å²) in [5, 5.41) is 3.26. The number of nitrogens with one attached hydrogen (secondary N) is 1. The lowest BCUT2D eigenvalue weighted by atomic mass is 9.84. The minimum atomic E-state index is 0.203. The summed E-state index contributed by atoms with van der Waals surface area (Å²) in [5.74, 6) is 0.915. The molecule has 0 spiro atoms. The Balaban J connectivity index is 1.44. The number of piperidine rings is 4. The van der Waals surface area contributed by atoms with Crippen LogP contribution >= 0.6 is 0 Å². The number of nitrogens with zero attached hydrogens (tertiary/aromatic N) is 2. The van der Waals surface area contributed by atoms with Gasteiger partial charge in [-0.25, -0.2) is 0 Å². The molecule has 19 heavy (non-hydrogen) atoms. The Hall–Kier alpha value is -0.650. The standard InChI is InChI=1S/C14H26N4O/c15-12-3-7-18(8-4-12)10-14(19)16-13-9-17-5-1-11(13)2-6-17/h11-13H,1-10,15H2,(H,16,19). The summed E-state index contributed by atoms with van der Waals surface area (Å²) < 4.78 is 0. The molecule has 0 radical (unpaired) electrons. The van der Waals surface area contributed by atoms with E-state index < -0.39 is 0 Å². The van der Waals surface area contributed by atoms with Gasteiger partial charge in [0.2, 0.25) is 5.91 Å². The largest absolute Gasteiger partial charge is 0.351 e. The van der Waals surface area contributed by atoms with E-state index in [0.29, 0.717) is 24.5 Å². The van der Waals surface area contributed by atoms with Crippen molar-refractivity contribution in [1.82, 2.24) is 15.1 Å². The van der Waals surface area contributed by atoms with Crippen LogP contribution in [0.3, 0.4) is 0 Å². The van der Waals surface area contributed by atoms with Gasteiger partial charge in [0.15, 0.2) is 0 Å². The second-order valence-electron chi connectivity index (χ2n) is 6.43. The van der Waals surface area contributed by atoms with E-state index in [1.807, 2.05) is 0 Å². The van der Waals surface area contributed by atoms with Crippen LogP contribution in [0.2, 0.25) is 0 Å². The number of carbonyl (C=O) groups excluding carboxylic acids is 1. The highest BCUT2D eigenvalue weighted by Crippen LogP contribution is 2.27. The summed E-state index contributed by atoms with van der Waals surface area (Å²) in [4.78, 5) is 16.8. The number of hydrogen-bond acceptors (Lipinski definition) is 4. The molecule has 4 aliphatic heterocycles. The molecular formula is C14H26N4O. The van der Waals surface area contributed by atoms with Gasteiger partial charge in [-0.15, -0.1) is 0 Å². The molecule has 0 saturated carbocycles. The number of hydrogen-bond donors (Lipinski definition) is 2. The third-order valence-electron chi connectivity index (χ3n) is 5.00. The molecule has 4 saturated heterocycles. The maximum atomic E-state index is 12.1. The molecule has 4 aliphatic rings. The van der Waals surface area contributed by atoms with E-state index in [0.717, 1.165) is 32.5 Å². The fourth-order valence-corrected chi connectivity index (χ4v) is 3.70. The van der Waals surface area contributed by atoms with Crippen LogP contribution in [0.25, 0.3) is 0 Å². The van der Waals surface area contributed by atoms with Crippen LogP contribution < -0.4 is 11.1 Å². The Kier molecular flexibility index (Phi) is 4.05. The van der Waals surface area contributed by atoms with E-state index in [4.69, 9.17) is 5.73 Å². The number of rotatable bonds is 3. The van der Waals surface area contributed by atoms with Crippen LogP contribution in [-0.2, 0) is 4.79 Å². The molecule has 1 unspecified atom stereocenters. The van der Waals surface area contributed by atoms with Crippen LogP contribution in [-0.4, -0.2) is 67.1 Å². The molecule has 1 atom stereocenters. The zero-order valence-corrected chi connectivity index (χ0v) is 11.7. The van der Waals surface area contributed by atoms with Gasteiger partial charge in [0.05, 0.1) is 6.54 Å². The number of carbonyl (C=O) groups is 1. The molecule has 0 aromatic rings. The Morgan fingerprint density at radius 2 is 1.79 bits per heavy atom. The second kappa shape index (κ2) is 5.77.